The molecule has 1 aliphatic rings. The summed E-state index contributed by atoms with van der Waals surface area (Å²) in [5, 5.41) is 24.0. The minimum atomic E-state index is -4.58. The number of aliphatic hydroxyl groups is 1. The molecule has 1 aromatic carbocycles. The van der Waals surface area contributed by atoms with Crippen LogP contribution in [0.4, 0.5) is 23.2 Å². The van der Waals surface area contributed by atoms with Crippen molar-refractivity contribution in [2.24, 2.45) is 0 Å². The number of alkyl halides is 3. The van der Waals surface area contributed by atoms with Gasteiger partial charge in [0.15, 0.2) is 0 Å². The number of anilines is 1. The fraction of sp³-hybridized carbons (Fsp3) is 0.409. The minimum Gasteiger partial charge on any atom is -0.508 e. The van der Waals surface area contributed by atoms with Gasteiger partial charge in [-0.1, -0.05) is 13.8 Å². The third kappa shape index (κ3) is 5.24. The highest BCUT2D eigenvalue weighted by Gasteiger charge is 2.64. The average molecular weight is 469 g/mol. The summed E-state index contributed by atoms with van der Waals surface area (Å²) in [7, 11) is 0. The Morgan fingerprint density at radius 3 is 2.42 bits per heavy atom. The molecule has 178 valence electrons. The minimum absolute atomic E-state index is 0.0830. The van der Waals surface area contributed by atoms with Crippen LogP contribution < -0.4 is 10.6 Å². The lowest BCUT2D eigenvalue weighted by atomic mass is 9.84. The molecular formula is C22H23F4N3O4. The summed E-state index contributed by atoms with van der Waals surface area (Å²) in [5.74, 6) is -2.75. The van der Waals surface area contributed by atoms with Gasteiger partial charge in [0, 0.05) is 28.4 Å². The van der Waals surface area contributed by atoms with Crippen LogP contribution in [0, 0.1) is 5.82 Å². The molecule has 0 bridgehead atoms. The lowest BCUT2D eigenvalue weighted by molar-refractivity contribution is -0.163. The summed E-state index contributed by atoms with van der Waals surface area (Å²) in [6.45, 7) is 2.90. The molecule has 0 saturated heterocycles. The molecule has 0 spiro atoms. The van der Waals surface area contributed by atoms with Crippen molar-refractivity contribution in [1.82, 2.24) is 10.3 Å². The van der Waals surface area contributed by atoms with Gasteiger partial charge >= 0.3 is 6.18 Å². The van der Waals surface area contributed by atoms with Gasteiger partial charge < -0.3 is 20.8 Å². The van der Waals surface area contributed by atoms with Crippen molar-refractivity contribution >= 4 is 17.5 Å². The van der Waals surface area contributed by atoms with Gasteiger partial charge in [-0.05, 0) is 37.1 Å². The summed E-state index contributed by atoms with van der Waals surface area (Å²) < 4.78 is 53.6. The molecule has 2 aromatic rings. The van der Waals surface area contributed by atoms with Crippen molar-refractivity contribution in [3.05, 3.63) is 53.1 Å². The van der Waals surface area contributed by atoms with Crippen LogP contribution in [-0.2, 0) is 16.6 Å². The molecule has 0 unspecified atom stereocenters. The van der Waals surface area contributed by atoms with Gasteiger partial charge in [0.2, 0.25) is 5.91 Å². The topological polar surface area (TPSA) is 112 Å². The summed E-state index contributed by atoms with van der Waals surface area (Å²) in [4.78, 5) is 28.3. The molecule has 1 fully saturated rings. The summed E-state index contributed by atoms with van der Waals surface area (Å²) >= 11 is 0. The maximum absolute atomic E-state index is 14.5. The van der Waals surface area contributed by atoms with Gasteiger partial charge in [-0.25, -0.2) is 4.39 Å². The molecular weight excluding hydrogens is 446 g/mol. The van der Waals surface area contributed by atoms with Crippen LogP contribution in [0.5, 0.6) is 5.75 Å². The number of phenolic OH excluding ortho intramolecular Hbond substituents is 1. The molecule has 11 heteroatoms. The normalized spacial score (nSPS) is 15.1. The number of halogens is 4. The standard InChI is InChI=1S/C22H23F4N3O4/c1-20(2,11-30)14-10-15(23)12(7-17(14)31)8-18(32)28-13-3-6-27-16(9-13)19(33)29-21(4-5-21)22(24,25)26/h3,6-7,9-10,30-31H,4-5,8,11H2,1-2H3,(H,29,33)(H,27,28,32). The number of hydrogen-bond donors (Lipinski definition) is 4. The van der Waals surface area contributed by atoms with E-state index in [0.717, 1.165) is 24.4 Å². The molecule has 3 rings (SSSR count). The fourth-order valence-electron chi connectivity index (χ4n) is 3.26. The van der Waals surface area contributed by atoms with Crippen LogP contribution in [0.2, 0.25) is 0 Å². The number of carbonyl (C=O) groups is 2. The Balaban J connectivity index is 1.69. The molecule has 0 aliphatic heterocycles. The first-order valence-corrected chi connectivity index (χ1v) is 10.1. The van der Waals surface area contributed by atoms with Crippen molar-refractivity contribution in [1.29, 1.82) is 0 Å². The number of pyridine rings is 1. The van der Waals surface area contributed by atoms with E-state index in [1.165, 1.54) is 6.07 Å². The number of aromatic hydroxyl groups is 1. The van der Waals surface area contributed by atoms with Gasteiger partial charge in [-0.15, -0.1) is 0 Å². The molecule has 1 aromatic heterocycles. The number of hydrogen-bond acceptors (Lipinski definition) is 5. The molecule has 1 heterocycles. The maximum atomic E-state index is 14.5. The second-order valence-electron chi connectivity index (χ2n) is 8.69. The number of aliphatic hydroxyl groups excluding tert-OH is 1. The van der Waals surface area contributed by atoms with Crippen molar-refractivity contribution < 1.29 is 37.4 Å². The second kappa shape index (κ2) is 8.62. The largest absolute Gasteiger partial charge is 0.508 e. The van der Waals surface area contributed by atoms with Gasteiger partial charge in [0.05, 0.1) is 13.0 Å². The van der Waals surface area contributed by atoms with Gasteiger partial charge in [0.1, 0.15) is 22.8 Å². The zero-order valence-corrected chi connectivity index (χ0v) is 17.9. The van der Waals surface area contributed by atoms with E-state index in [2.05, 4.69) is 10.3 Å². The first-order valence-electron chi connectivity index (χ1n) is 10.1. The third-order valence-corrected chi connectivity index (χ3v) is 5.56. The number of amides is 2. The zero-order valence-electron chi connectivity index (χ0n) is 17.9. The third-order valence-electron chi connectivity index (χ3n) is 5.56. The Kier molecular flexibility index (Phi) is 6.38. The Morgan fingerprint density at radius 1 is 1.18 bits per heavy atom. The van der Waals surface area contributed by atoms with Crippen LogP contribution in [0.1, 0.15) is 48.3 Å². The number of rotatable bonds is 7. The highest BCUT2D eigenvalue weighted by molar-refractivity contribution is 5.96. The molecule has 0 atom stereocenters. The smallest absolute Gasteiger partial charge is 0.411 e. The highest BCUT2D eigenvalue weighted by atomic mass is 19.4. The van der Waals surface area contributed by atoms with E-state index < -0.39 is 41.2 Å². The van der Waals surface area contributed by atoms with Crippen LogP contribution >= 0.6 is 0 Å². The molecule has 0 radical (unpaired) electrons. The van der Waals surface area contributed by atoms with Crippen LogP contribution in [0.3, 0.4) is 0 Å². The number of aromatic nitrogens is 1. The Labute approximate surface area is 186 Å². The number of nitrogens with zero attached hydrogens (tertiary/aromatic N) is 1. The summed E-state index contributed by atoms with van der Waals surface area (Å²) in [6, 6.07) is 4.59. The number of phenols is 1. The van der Waals surface area contributed by atoms with E-state index in [9.17, 15) is 37.4 Å². The van der Waals surface area contributed by atoms with Gasteiger partial charge in [-0.3, -0.25) is 14.6 Å². The van der Waals surface area contributed by atoms with Crippen molar-refractivity contribution in [2.45, 2.75) is 50.2 Å². The van der Waals surface area contributed by atoms with E-state index in [4.69, 9.17) is 0 Å². The molecule has 2 amide bonds. The molecule has 1 saturated carbocycles. The molecule has 1 aliphatic carbocycles. The zero-order chi connectivity index (χ0) is 24.6. The van der Waals surface area contributed by atoms with Crippen LogP contribution in [-0.4, -0.2) is 45.3 Å². The summed E-state index contributed by atoms with van der Waals surface area (Å²) in [6.07, 6.45) is -4.32. The number of benzene rings is 1. The monoisotopic (exact) mass is 469 g/mol. The summed E-state index contributed by atoms with van der Waals surface area (Å²) in [5.41, 5.74) is -3.30. The first-order chi connectivity index (χ1) is 15.3. The predicted molar refractivity (Wildman–Crippen MR) is 110 cm³/mol. The van der Waals surface area contributed by atoms with Crippen molar-refractivity contribution in [3.63, 3.8) is 0 Å². The van der Waals surface area contributed by atoms with Crippen molar-refractivity contribution in [3.8, 4) is 5.75 Å². The Hall–Kier alpha value is -3.21. The first kappa shape index (κ1) is 24.4. The molecule has 7 nitrogen and oxygen atoms in total. The number of nitrogens with one attached hydrogen (secondary N) is 2. The SMILES string of the molecule is CC(C)(CO)c1cc(F)c(CC(=O)Nc2ccnc(C(=O)NC3(C(F)(F)F)CC3)c2)cc1O. The Bertz CT molecular complexity index is 1080. The van der Waals surface area contributed by atoms with E-state index in [1.54, 1.807) is 13.8 Å². The highest BCUT2D eigenvalue weighted by Crippen LogP contribution is 2.49. The number of carbonyl (C=O) groups excluding carboxylic acids is 2. The van der Waals surface area contributed by atoms with Crippen LogP contribution in [0.25, 0.3) is 0 Å². The fourth-order valence-corrected chi connectivity index (χ4v) is 3.26. The average Bonchev–Trinajstić information content (AvgIpc) is 3.51. The molecule has 4 N–H and O–H groups in total. The maximum Gasteiger partial charge on any atom is 0.411 e. The van der Waals surface area contributed by atoms with E-state index in [-0.39, 0.29) is 47.7 Å². The lowest BCUT2D eigenvalue weighted by Gasteiger charge is -2.24. The molecule has 33 heavy (non-hydrogen) atoms. The Morgan fingerprint density at radius 2 is 1.85 bits per heavy atom. The second-order valence-corrected chi connectivity index (χ2v) is 8.69. The van der Waals surface area contributed by atoms with Gasteiger partial charge in [0.25, 0.3) is 5.91 Å². The van der Waals surface area contributed by atoms with E-state index in [0.29, 0.717) is 0 Å². The van der Waals surface area contributed by atoms with Crippen LogP contribution in [0.15, 0.2) is 30.5 Å². The van der Waals surface area contributed by atoms with Gasteiger partial charge in [-0.2, -0.15) is 13.2 Å². The lowest BCUT2D eigenvalue weighted by Crippen LogP contribution is -2.48. The quantitative estimate of drug-likeness (QED) is 0.466. The predicted octanol–water partition coefficient (Wildman–Crippen LogP) is 3.20. The van der Waals surface area contributed by atoms with E-state index in [1.807, 2.05) is 5.32 Å². The van der Waals surface area contributed by atoms with Crippen molar-refractivity contribution in [2.75, 3.05) is 11.9 Å². The van der Waals surface area contributed by atoms with E-state index >= 15 is 0 Å².